The van der Waals surface area contributed by atoms with Crippen LogP contribution < -0.4 is 15.5 Å². The standard InChI is InChI=1S/C15H25N5O/c1-12(16-2)11-18-15(21)13-4-5-17-14(10-13)20-8-6-19(3)7-9-20/h4-5,10,12,16H,6-9,11H2,1-3H3,(H,18,21). The summed E-state index contributed by atoms with van der Waals surface area (Å²) >= 11 is 0. The van der Waals surface area contributed by atoms with Gasteiger partial charge in [-0.1, -0.05) is 0 Å². The maximum atomic E-state index is 12.2. The average molecular weight is 291 g/mol. The summed E-state index contributed by atoms with van der Waals surface area (Å²) in [6.07, 6.45) is 1.71. The molecule has 21 heavy (non-hydrogen) atoms. The van der Waals surface area contributed by atoms with Crippen molar-refractivity contribution in [2.45, 2.75) is 13.0 Å². The van der Waals surface area contributed by atoms with Crippen molar-refractivity contribution < 1.29 is 4.79 Å². The lowest BCUT2D eigenvalue weighted by Crippen LogP contribution is -2.45. The Morgan fingerprint density at radius 1 is 1.38 bits per heavy atom. The Balaban J connectivity index is 1.98. The largest absolute Gasteiger partial charge is 0.354 e. The van der Waals surface area contributed by atoms with Crippen molar-refractivity contribution in [1.82, 2.24) is 20.5 Å². The number of carbonyl (C=O) groups excluding carboxylic acids is 1. The minimum Gasteiger partial charge on any atom is -0.354 e. The van der Waals surface area contributed by atoms with E-state index in [2.05, 4.69) is 32.5 Å². The first-order valence-corrected chi connectivity index (χ1v) is 7.45. The number of nitrogens with zero attached hydrogens (tertiary/aromatic N) is 3. The Morgan fingerprint density at radius 2 is 2.10 bits per heavy atom. The normalized spacial score (nSPS) is 17.6. The highest BCUT2D eigenvalue weighted by Crippen LogP contribution is 2.14. The van der Waals surface area contributed by atoms with E-state index in [1.54, 1.807) is 12.3 Å². The maximum absolute atomic E-state index is 12.2. The summed E-state index contributed by atoms with van der Waals surface area (Å²) in [5.74, 6) is 0.840. The second kappa shape index (κ2) is 7.38. The Bertz CT molecular complexity index is 471. The van der Waals surface area contributed by atoms with Crippen LogP contribution in [0.3, 0.4) is 0 Å². The van der Waals surface area contributed by atoms with E-state index in [1.807, 2.05) is 20.0 Å². The molecule has 1 aliphatic rings. The maximum Gasteiger partial charge on any atom is 0.251 e. The predicted molar refractivity (Wildman–Crippen MR) is 84.8 cm³/mol. The number of amides is 1. The molecule has 6 heteroatoms. The van der Waals surface area contributed by atoms with Crippen LogP contribution in [0.5, 0.6) is 0 Å². The molecule has 1 unspecified atom stereocenters. The minimum absolute atomic E-state index is 0.0464. The van der Waals surface area contributed by atoms with Crippen molar-refractivity contribution in [3.63, 3.8) is 0 Å². The third kappa shape index (κ3) is 4.41. The molecule has 0 radical (unpaired) electrons. The number of piperazine rings is 1. The molecule has 0 aromatic carbocycles. The van der Waals surface area contributed by atoms with Gasteiger partial charge in [-0.2, -0.15) is 0 Å². The van der Waals surface area contributed by atoms with Crippen LogP contribution in [0.25, 0.3) is 0 Å². The molecule has 1 amide bonds. The number of pyridine rings is 1. The highest BCUT2D eigenvalue weighted by molar-refractivity contribution is 5.94. The lowest BCUT2D eigenvalue weighted by atomic mass is 10.2. The summed E-state index contributed by atoms with van der Waals surface area (Å²) in [6.45, 7) is 6.59. The Kier molecular flexibility index (Phi) is 5.52. The number of carbonyl (C=O) groups is 1. The van der Waals surface area contributed by atoms with E-state index in [-0.39, 0.29) is 11.9 Å². The van der Waals surface area contributed by atoms with Crippen LogP contribution in [0.1, 0.15) is 17.3 Å². The summed E-state index contributed by atoms with van der Waals surface area (Å²) in [5.41, 5.74) is 0.669. The van der Waals surface area contributed by atoms with Gasteiger partial charge in [0.25, 0.3) is 5.91 Å². The third-order valence-corrected chi connectivity index (χ3v) is 3.90. The number of likely N-dealkylation sites (N-methyl/N-ethyl adjacent to an activating group) is 2. The van der Waals surface area contributed by atoms with E-state index < -0.39 is 0 Å². The van der Waals surface area contributed by atoms with Gasteiger partial charge in [0.05, 0.1) is 0 Å². The van der Waals surface area contributed by atoms with E-state index in [0.717, 1.165) is 32.0 Å². The van der Waals surface area contributed by atoms with Gasteiger partial charge in [-0.25, -0.2) is 4.98 Å². The molecule has 1 saturated heterocycles. The van der Waals surface area contributed by atoms with Crippen LogP contribution >= 0.6 is 0 Å². The quantitative estimate of drug-likeness (QED) is 0.810. The fourth-order valence-electron chi connectivity index (χ4n) is 2.22. The average Bonchev–Trinajstić information content (AvgIpc) is 2.53. The predicted octanol–water partition coefficient (Wildman–Crippen LogP) is 0.171. The van der Waals surface area contributed by atoms with Gasteiger partial charge in [-0.05, 0) is 33.2 Å². The molecule has 1 fully saturated rings. The molecular formula is C15H25N5O. The van der Waals surface area contributed by atoms with E-state index in [9.17, 15) is 4.79 Å². The van der Waals surface area contributed by atoms with Gasteiger partial charge in [-0.3, -0.25) is 4.79 Å². The first kappa shape index (κ1) is 15.7. The molecule has 2 N–H and O–H groups in total. The summed E-state index contributed by atoms with van der Waals surface area (Å²) in [7, 11) is 4.01. The number of aromatic nitrogens is 1. The summed E-state index contributed by atoms with van der Waals surface area (Å²) in [4.78, 5) is 21.1. The highest BCUT2D eigenvalue weighted by atomic mass is 16.1. The summed E-state index contributed by atoms with van der Waals surface area (Å²) in [6, 6.07) is 3.90. The van der Waals surface area contributed by atoms with E-state index >= 15 is 0 Å². The van der Waals surface area contributed by atoms with Crippen molar-refractivity contribution in [2.75, 3.05) is 51.7 Å². The first-order chi connectivity index (χ1) is 10.1. The molecule has 1 aliphatic heterocycles. The van der Waals surface area contributed by atoms with Crippen LogP contribution in [-0.2, 0) is 0 Å². The van der Waals surface area contributed by atoms with Crippen molar-refractivity contribution in [3.8, 4) is 0 Å². The van der Waals surface area contributed by atoms with Crippen molar-refractivity contribution in [3.05, 3.63) is 23.9 Å². The van der Waals surface area contributed by atoms with E-state index in [1.165, 1.54) is 0 Å². The van der Waals surface area contributed by atoms with Gasteiger partial charge in [0, 0.05) is 50.5 Å². The molecule has 1 atom stereocenters. The number of hydrogen-bond acceptors (Lipinski definition) is 5. The van der Waals surface area contributed by atoms with Crippen LogP contribution in [0.15, 0.2) is 18.3 Å². The fourth-order valence-corrected chi connectivity index (χ4v) is 2.22. The lowest BCUT2D eigenvalue weighted by Gasteiger charge is -2.33. The molecule has 1 aromatic rings. The second-order valence-electron chi connectivity index (χ2n) is 5.59. The van der Waals surface area contributed by atoms with Crippen LogP contribution in [-0.4, -0.2) is 68.7 Å². The number of rotatable bonds is 5. The van der Waals surface area contributed by atoms with E-state index in [4.69, 9.17) is 0 Å². The zero-order chi connectivity index (χ0) is 15.2. The Hall–Kier alpha value is -1.66. The number of anilines is 1. The lowest BCUT2D eigenvalue weighted by molar-refractivity contribution is 0.0950. The van der Waals surface area contributed by atoms with Crippen molar-refractivity contribution in [2.24, 2.45) is 0 Å². The van der Waals surface area contributed by atoms with E-state index in [0.29, 0.717) is 12.1 Å². The molecule has 2 heterocycles. The zero-order valence-electron chi connectivity index (χ0n) is 13.1. The van der Waals surface area contributed by atoms with Gasteiger partial charge in [0.15, 0.2) is 0 Å². The zero-order valence-corrected chi connectivity index (χ0v) is 13.1. The Morgan fingerprint density at radius 3 is 2.76 bits per heavy atom. The molecule has 0 saturated carbocycles. The van der Waals surface area contributed by atoms with Crippen molar-refractivity contribution in [1.29, 1.82) is 0 Å². The molecule has 2 rings (SSSR count). The second-order valence-corrected chi connectivity index (χ2v) is 5.59. The summed E-state index contributed by atoms with van der Waals surface area (Å²) < 4.78 is 0. The first-order valence-electron chi connectivity index (χ1n) is 7.45. The monoisotopic (exact) mass is 291 g/mol. The highest BCUT2D eigenvalue weighted by Gasteiger charge is 2.16. The molecular weight excluding hydrogens is 266 g/mol. The molecule has 1 aromatic heterocycles. The van der Waals surface area contributed by atoms with Crippen LogP contribution in [0.4, 0.5) is 5.82 Å². The number of nitrogens with one attached hydrogen (secondary N) is 2. The molecule has 116 valence electrons. The topological polar surface area (TPSA) is 60.5 Å². The number of hydrogen-bond donors (Lipinski definition) is 2. The summed E-state index contributed by atoms with van der Waals surface area (Å²) in [5, 5.41) is 6.03. The Labute approximate surface area is 126 Å². The van der Waals surface area contributed by atoms with Crippen molar-refractivity contribution >= 4 is 11.7 Å². The van der Waals surface area contributed by atoms with Crippen LogP contribution in [0.2, 0.25) is 0 Å². The van der Waals surface area contributed by atoms with Gasteiger partial charge in [0.2, 0.25) is 0 Å². The molecule has 0 aliphatic carbocycles. The van der Waals surface area contributed by atoms with Gasteiger partial charge in [-0.15, -0.1) is 0 Å². The van der Waals surface area contributed by atoms with Crippen LogP contribution in [0, 0.1) is 0 Å². The third-order valence-electron chi connectivity index (χ3n) is 3.90. The van der Waals surface area contributed by atoms with Gasteiger partial charge >= 0.3 is 0 Å². The molecule has 0 bridgehead atoms. The SMILES string of the molecule is CNC(C)CNC(=O)c1ccnc(N2CCN(C)CC2)c1. The minimum atomic E-state index is -0.0464. The molecule has 0 spiro atoms. The van der Waals surface area contributed by atoms with Gasteiger partial charge in [0.1, 0.15) is 5.82 Å². The fraction of sp³-hybridized carbons (Fsp3) is 0.600. The van der Waals surface area contributed by atoms with Gasteiger partial charge < -0.3 is 20.4 Å². The smallest absolute Gasteiger partial charge is 0.251 e. The molecule has 6 nitrogen and oxygen atoms in total.